The number of hydrogen-bond donors (Lipinski definition) is 1. The fourth-order valence-corrected chi connectivity index (χ4v) is 3.90. The Bertz CT molecular complexity index is 1190. The highest BCUT2D eigenvalue weighted by Gasteiger charge is 2.21. The fraction of sp³-hybridized carbons (Fsp3) is 0.429. The van der Waals surface area contributed by atoms with Crippen molar-refractivity contribution in [2.75, 3.05) is 6.61 Å². The average Bonchev–Trinajstić information content (AvgIpc) is 3.00. The molecule has 1 N–H and O–H groups in total. The van der Waals surface area contributed by atoms with E-state index in [2.05, 4.69) is 9.97 Å². The number of thiophene rings is 1. The van der Waals surface area contributed by atoms with E-state index in [0.29, 0.717) is 38.9 Å². The third-order valence-corrected chi connectivity index (χ3v) is 5.47. The van der Waals surface area contributed by atoms with Crippen LogP contribution in [0.1, 0.15) is 48.6 Å². The highest BCUT2D eigenvalue weighted by Crippen LogP contribution is 2.27. The van der Waals surface area contributed by atoms with Gasteiger partial charge in [0.05, 0.1) is 31.0 Å². The first-order chi connectivity index (χ1) is 14.2. The molecule has 0 fully saturated rings. The van der Waals surface area contributed by atoms with Crippen LogP contribution in [-0.2, 0) is 11.3 Å². The maximum Gasteiger partial charge on any atom is 0.348 e. The smallest absolute Gasteiger partial charge is 0.348 e. The van der Waals surface area contributed by atoms with E-state index in [9.17, 15) is 14.4 Å². The Kier molecular flexibility index (Phi) is 6.40. The number of pyridine rings is 1. The van der Waals surface area contributed by atoms with Crippen LogP contribution in [0.5, 0.6) is 5.75 Å². The van der Waals surface area contributed by atoms with Crippen LogP contribution in [0.4, 0.5) is 0 Å². The second-order valence-electron chi connectivity index (χ2n) is 7.76. The van der Waals surface area contributed by atoms with Crippen LogP contribution in [0.25, 0.3) is 10.2 Å². The lowest BCUT2D eigenvalue weighted by Crippen LogP contribution is -2.22. The first kappa shape index (κ1) is 21.8. The molecule has 160 valence electrons. The summed E-state index contributed by atoms with van der Waals surface area (Å²) in [6.45, 7) is 9.84. The third-order valence-electron chi connectivity index (χ3n) is 4.30. The van der Waals surface area contributed by atoms with Gasteiger partial charge in [-0.2, -0.15) is 0 Å². The van der Waals surface area contributed by atoms with Crippen molar-refractivity contribution >= 4 is 27.5 Å². The number of esters is 1. The molecule has 0 saturated heterocycles. The summed E-state index contributed by atoms with van der Waals surface area (Å²) >= 11 is 1.14. The normalized spacial score (nSPS) is 11.4. The Morgan fingerprint density at radius 3 is 2.63 bits per heavy atom. The lowest BCUT2D eigenvalue weighted by molar-refractivity contribution is 0.0383. The van der Waals surface area contributed by atoms with E-state index in [0.717, 1.165) is 11.3 Å². The van der Waals surface area contributed by atoms with Crippen LogP contribution in [0.3, 0.4) is 0 Å². The molecular weight excluding hydrogens is 406 g/mol. The molecule has 0 spiro atoms. The largest absolute Gasteiger partial charge is 0.488 e. The predicted molar refractivity (Wildman–Crippen MR) is 116 cm³/mol. The topological polar surface area (TPSA) is 103 Å². The molecule has 0 aliphatic rings. The van der Waals surface area contributed by atoms with Crippen molar-refractivity contribution in [1.29, 1.82) is 0 Å². The van der Waals surface area contributed by atoms with Gasteiger partial charge in [0.1, 0.15) is 9.71 Å². The van der Waals surface area contributed by atoms with Crippen LogP contribution in [0.15, 0.2) is 28.2 Å². The number of nitrogens with zero attached hydrogens (tertiary/aromatic N) is 2. The van der Waals surface area contributed by atoms with Crippen molar-refractivity contribution in [3.63, 3.8) is 0 Å². The predicted octanol–water partition coefficient (Wildman–Crippen LogP) is 3.10. The van der Waals surface area contributed by atoms with Crippen molar-refractivity contribution < 1.29 is 14.3 Å². The number of nitrogens with one attached hydrogen (secondary N) is 1. The molecule has 8 nitrogen and oxygen atoms in total. The van der Waals surface area contributed by atoms with Gasteiger partial charge in [-0.3, -0.25) is 14.2 Å². The van der Waals surface area contributed by atoms with Crippen LogP contribution in [0, 0.1) is 12.8 Å². The van der Waals surface area contributed by atoms with Crippen molar-refractivity contribution in [3.8, 4) is 5.75 Å². The molecule has 0 saturated carbocycles. The molecule has 0 radical (unpaired) electrons. The Hall–Kier alpha value is -2.94. The molecule has 30 heavy (non-hydrogen) atoms. The zero-order valence-electron chi connectivity index (χ0n) is 17.6. The Balaban J connectivity index is 1.90. The van der Waals surface area contributed by atoms with Gasteiger partial charge >= 0.3 is 5.97 Å². The maximum absolute atomic E-state index is 13.0. The molecule has 9 heteroatoms. The van der Waals surface area contributed by atoms with E-state index >= 15 is 0 Å². The molecule has 3 aromatic heterocycles. The zero-order valence-corrected chi connectivity index (χ0v) is 18.5. The van der Waals surface area contributed by atoms with Crippen LogP contribution >= 0.6 is 11.3 Å². The molecule has 0 aliphatic carbocycles. The second-order valence-corrected chi connectivity index (χ2v) is 8.76. The van der Waals surface area contributed by atoms with Crippen molar-refractivity contribution in [2.45, 2.75) is 47.3 Å². The summed E-state index contributed by atoms with van der Waals surface area (Å²) < 4.78 is 12.1. The van der Waals surface area contributed by atoms with E-state index in [4.69, 9.17) is 9.47 Å². The number of rotatable bonds is 7. The first-order valence-electron chi connectivity index (χ1n) is 9.71. The molecule has 0 amide bonds. The molecule has 3 heterocycles. The lowest BCUT2D eigenvalue weighted by atomic mass is 10.2. The van der Waals surface area contributed by atoms with Crippen molar-refractivity contribution in [3.05, 3.63) is 55.3 Å². The average molecular weight is 432 g/mol. The maximum atomic E-state index is 13.0. The molecule has 3 aromatic rings. The molecule has 0 aliphatic heterocycles. The number of aromatic nitrogens is 3. The van der Waals surface area contributed by atoms with E-state index < -0.39 is 5.97 Å². The molecule has 0 unspecified atom stereocenters. The Morgan fingerprint density at radius 1 is 1.27 bits per heavy atom. The van der Waals surface area contributed by atoms with Crippen LogP contribution in [0.2, 0.25) is 0 Å². The Morgan fingerprint density at radius 2 is 2.00 bits per heavy atom. The number of carbonyl (C=O) groups excluding carboxylic acids is 1. The number of fused-ring (bicyclic) bond motifs is 1. The van der Waals surface area contributed by atoms with Crippen LogP contribution in [-0.4, -0.2) is 33.2 Å². The highest BCUT2D eigenvalue weighted by atomic mass is 32.1. The minimum absolute atomic E-state index is 0.141. The highest BCUT2D eigenvalue weighted by molar-refractivity contribution is 7.20. The minimum Gasteiger partial charge on any atom is -0.488 e. The van der Waals surface area contributed by atoms with Gasteiger partial charge in [0.25, 0.3) is 5.56 Å². The molecule has 3 rings (SSSR count). The van der Waals surface area contributed by atoms with E-state index in [-0.39, 0.29) is 29.4 Å². The van der Waals surface area contributed by atoms with Crippen molar-refractivity contribution in [2.24, 2.45) is 5.92 Å². The van der Waals surface area contributed by atoms with Gasteiger partial charge in [-0.15, -0.1) is 11.3 Å². The van der Waals surface area contributed by atoms with Gasteiger partial charge in [0, 0.05) is 18.0 Å². The lowest BCUT2D eigenvalue weighted by Gasteiger charge is -2.09. The van der Waals surface area contributed by atoms with Crippen LogP contribution < -0.4 is 15.7 Å². The molecule has 0 aromatic carbocycles. The SMILES string of the molecule is Cc1c(C(=O)OC(C)C)sc2ncn(Cc3cc(=O)c(OCC(C)C)c[nH]3)c(=O)c12. The van der Waals surface area contributed by atoms with Gasteiger partial charge in [-0.05, 0) is 32.3 Å². The van der Waals surface area contributed by atoms with Gasteiger partial charge in [-0.25, -0.2) is 9.78 Å². The van der Waals surface area contributed by atoms with Gasteiger partial charge in [0.2, 0.25) is 5.43 Å². The number of aryl methyl sites for hydroxylation is 1. The summed E-state index contributed by atoms with van der Waals surface area (Å²) in [5.74, 6) is 0.0881. The summed E-state index contributed by atoms with van der Waals surface area (Å²) in [6.07, 6.45) is 2.67. The summed E-state index contributed by atoms with van der Waals surface area (Å²) in [6, 6.07) is 1.41. The zero-order chi connectivity index (χ0) is 22.0. The Labute approximate surface area is 177 Å². The summed E-state index contributed by atoms with van der Waals surface area (Å²) in [7, 11) is 0. The molecule has 0 bridgehead atoms. The minimum atomic E-state index is -0.460. The summed E-state index contributed by atoms with van der Waals surface area (Å²) in [4.78, 5) is 45.7. The quantitative estimate of drug-likeness (QED) is 0.577. The third kappa shape index (κ3) is 4.62. The number of ether oxygens (including phenoxy) is 2. The van der Waals surface area contributed by atoms with E-state index in [1.807, 2.05) is 13.8 Å². The van der Waals surface area contributed by atoms with Gasteiger partial charge in [-0.1, -0.05) is 13.8 Å². The number of H-pyrrole nitrogens is 1. The number of hydrogen-bond acceptors (Lipinski definition) is 7. The fourth-order valence-electron chi connectivity index (χ4n) is 2.88. The standard InChI is InChI=1S/C21H25N3O5S/c1-11(2)9-28-16-7-22-14(6-15(16)25)8-24-10-23-19-17(20(24)26)13(5)18(30-19)21(27)29-12(3)4/h6-7,10-12H,8-9H2,1-5H3,(H,22,25). The van der Waals surface area contributed by atoms with E-state index in [1.165, 1.54) is 23.2 Å². The van der Waals surface area contributed by atoms with Crippen molar-refractivity contribution in [1.82, 2.24) is 14.5 Å². The molecule has 0 atom stereocenters. The monoisotopic (exact) mass is 431 g/mol. The first-order valence-corrected chi connectivity index (χ1v) is 10.5. The van der Waals surface area contributed by atoms with Gasteiger partial charge in [0.15, 0.2) is 5.75 Å². The summed E-state index contributed by atoms with van der Waals surface area (Å²) in [5.41, 5.74) is 0.571. The van der Waals surface area contributed by atoms with Gasteiger partial charge < -0.3 is 14.5 Å². The van der Waals surface area contributed by atoms with E-state index in [1.54, 1.807) is 20.8 Å². The number of aromatic amines is 1. The summed E-state index contributed by atoms with van der Waals surface area (Å²) in [5, 5.41) is 0.387. The number of carbonyl (C=O) groups is 1. The molecular formula is C21H25N3O5S. The second kappa shape index (κ2) is 8.83.